The lowest BCUT2D eigenvalue weighted by molar-refractivity contribution is 0.596. The van der Waals surface area contributed by atoms with Gasteiger partial charge in [0.1, 0.15) is 0 Å². The first-order valence-electron chi connectivity index (χ1n) is 7.36. The second kappa shape index (κ2) is 11.8. The number of sulfonamides is 1. The van der Waals surface area contributed by atoms with Gasteiger partial charge in [0.25, 0.3) is 10.0 Å². The standard InChI is InChI=1S/C18H27NO2S/c1-5-8-10-12-17(4)14-15-18(13-11-9-6-2)19-22(20,21)16-7-3/h5-12,15-17,19H,2,13-14H2,1,3-4H3/b8-5-,11-9-,12-10-,16-7+,18-15+. The Hall–Kier alpha value is -1.81. The molecule has 0 saturated carbocycles. The van der Waals surface area contributed by atoms with Crippen LogP contribution in [0.1, 0.15) is 33.6 Å². The van der Waals surface area contributed by atoms with Crippen LogP contribution in [0.3, 0.4) is 0 Å². The molecule has 0 aliphatic carbocycles. The van der Waals surface area contributed by atoms with Crippen LogP contribution in [-0.2, 0) is 10.0 Å². The Kier molecular flexibility index (Phi) is 10.8. The van der Waals surface area contributed by atoms with Gasteiger partial charge in [-0.3, -0.25) is 4.72 Å². The molecule has 0 amide bonds. The van der Waals surface area contributed by atoms with Crippen LogP contribution in [0.2, 0.25) is 0 Å². The number of hydrogen-bond donors (Lipinski definition) is 1. The van der Waals surface area contributed by atoms with E-state index in [1.165, 1.54) is 6.08 Å². The van der Waals surface area contributed by atoms with Gasteiger partial charge in [0.05, 0.1) is 0 Å². The van der Waals surface area contributed by atoms with Crippen molar-refractivity contribution < 1.29 is 8.42 Å². The van der Waals surface area contributed by atoms with Crippen molar-refractivity contribution in [2.45, 2.75) is 33.6 Å². The van der Waals surface area contributed by atoms with E-state index in [1.54, 1.807) is 19.1 Å². The van der Waals surface area contributed by atoms with Crippen LogP contribution in [0.25, 0.3) is 0 Å². The van der Waals surface area contributed by atoms with Gasteiger partial charge in [-0.25, -0.2) is 8.42 Å². The van der Waals surface area contributed by atoms with Crippen LogP contribution in [0, 0.1) is 5.92 Å². The Morgan fingerprint density at radius 1 is 1.18 bits per heavy atom. The van der Waals surface area contributed by atoms with Gasteiger partial charge in [0.2, 0.25) is 0 Å². The smallest absolute Gasteiger partial charge is 0.254 e. The third-order valence-corrected chi connectivity index (χ3v) is 3.85. The van der Waals surface area contributed by atoms with Crippen LogP contribution < -0.4 is 4.72 Å². The Balaban J connectivity index is 4.94. The molecule has 0 saturated heterocycles. The summed E-state index contributed by atoms with van der Waals surface area (Å²) >= 11 is 0. The van der Waals surface area contributed by atoms with Crippen molar-refractivity contribution >= 4 is 10.0 Å². The van der Waals surface area contributed by atoms with E-state index >= 15 is 0 Å². The van der Waals surface area contributed by atoms with Crippen molar-refractivity contribution in [2.75, 3.05) is 0 Å². The van der Waals surface area contributed by atoms with Gasteiger partial charge in [-0.1, -0.05) is 68.2 Å². The second-order valence-corrected chi connectivity index (χ2v) is 6.40. The largest absolute Gasteiger partial charge is 0.284 e. The molecule has 22 heavy (non-hydrogen) atoms. The van der Waals surface area contributed by atoms with Gasteiger partial charge in [0, 0.05) is 17.5 Å². The monoisotopic (exact) mass is 321 g/mol. The number of nitrogens with one attached hydrogen (secondary N) is 1. The summed E-state index contributed by atoms with van der Waals surface area (Å²) in [6, 6.07) is 0. The summed E-state index contributed by atoms with van der Waals surface area (Å²) in [7, 11) is -3.42. The zero-order chi connectivity index (χ0) is 16.8. The Morgan fingerprint density at radius 3 is 2.50 bits per heavy atom. The predicted molar refractivity (Wildman–Crippen MR) is 96.6 cm³/mol. The summed E-state index contributed by atoms with van der Waals surface area (Å²) in [4.78, 5) is 0. The second-order valence-electron chi connectivity index (χ2n) is 4.84. The van der Waals surface area contributed by atoms with Gasteiger partial charge in [-0.2, -0.15) is 0 Å². The normalized spacial score (nSPS) is 15.3. The summed E-state index contributed by atoms with van der Waals surface area (Å²) in [5, 5.41) is 1.16. The van der Waals surface area contributed by atoms with Crippen molar-refractivity contribution in [3.8, 4) is 0 Å². The predicted octanol–water partition coefficient (Wildman–Crippen LogP) is 4.61. The van der Waals surface area contributed by atoms with Crippen LogP contribution in [0.4, 0.5) is 0 Å². The quantitative estimate of drug-likeness (QED) is 0.597. The molecule has 0 aliphatic rings. The highest BCUT2D eigenvalue weighted by Gasteiger charge is 2.06. The average molecular weight is 321 g/mol. The molecule has 122 valence electrons. The lowest BCUT2D eigenvalue weighted by Crippen LogP contribution is -2.20. The fourth-order valence-electron chi connectivity index (χ4n) is 1.63. The first kappa shape index (κ1) is 20.2. The van der Waals surface area contributed by atoms with E-state index in [-0.39, 0.29) is 0 Å². The molecule has 0 bridgehead atoms. The summed E-state index contributed by atoms with van der Waals surface area (Å²) in [6.45, 7) is 9.34. The number of hydrogen-bond acceptors (Lipinski definition) is 2. The van der Waals surface area contributed by atoms with E-state index in [0.717, 1.165) is 11.8 Å². The lowest BCUT2D eigenvalue weighted by atomic mass is 10.1. The fraction of sp³-hybridized carbons (Fsp3) is 0.333. The Morgan fingerprint density at radius 2 is 1.91 bits per heavy atom. The van der Waals surface area contributed by atoms with Gasteiger partial charge in [-0.15, -0.1) is 0 Å². The minimum absolute atomic E-state index is 0.334. The minimum atomic E-state index is -3.42. The third-order valence-electron chi connectivity index (χ3n) is 2.68. The number of rotatable bonds is 10. The molecule has 0 aromatic heterocycles. The van der Waals surface area contributed by atoms with Crippen molar-refractivity contribution in [3.63, 3.8) is 0 Å². The highest BCUT2D eigenvalue weighted by Crippen LogP contribution is 2.10. The maximum atomic E-state index is 11.8. The molecule has 4 heteroatoms. The molecule has 0 aliphatic heterocycles. The molecule has 0 fully saturated rings. The van der Waals surface area contributed by atoms with Crippen LogP contribution in [-0.4, -0.2) is 8.42 Å². The van der Waals surface area contributed by atoms with Crippen LogP contribution >= 0.6 is 0 Å². The van der Waals surface area contributed by atoms with E-state index in [2.05, 4.69) is 24.3 Å². The number of allylic oxidation sites excluding steroid dienone is 9. The van der Waals surface area contributed by atoms with Gasteiger partial charge in [-0.05, 0) is 26.2 Å². The SMILES string of the molecule is C=C/C=C\C/C(=C\CC(C)/C=C\C=C/C)NS(=O)(=O)/C=C/C. The highest BCUT2D eigenvalue weighted by molar-refractivity contribution is 7.92. The third kappa shape index (κ3) is 10.9. The fourth-order valence-corrected chi connectivity index (χ4v) is 2.58. The molecule has 1 atom stereocenters. The van der Waals surface area contributed by atoms with E-state index in [4.69, 9.17) is 0 Å². The molecule has 1 unspecified atom stereocenters. The summed E-state index contributed by atoms with van der Waals surface area (Å²) in [5.74, 6) is 0.334. The van der Waals surface area contributed by atoms with E-state index in [1.807, 2.05) is 37.3 Å². The highest BCUT2D eigenvalue weighted by atomic mass is 32.2. The first-order valence-corrected chi connectivity index (χ1v) is 8.91. The summed E-state index contributed by atoms with van der Waals surface area (Å²) in [6.07, 6.45) is 18.1. The first-order chi connectivity index (χ1) is 10.4. The van der Waals surface area contributed by atoms with Crippen molar-refractivity contribution in [3.05, 3.63) is 72.4 Å². The van der Waals surface area contributed by atoms with E-state index < -0.39 is 10.0 Å². The molecule has 0 heterocycles. The van der Waals surface area contributed by atoms with E-state index in [0.29, 0.717) is 18.0 Å². The molecule has 0 aromatic carbocycles. The van der Waals surface area contributed by atoms with Gasteiger partial charge >= 0.3 is 0 Å². The molecule has 0 aromatic rings. The summed E-state index contributed by atoms with van der Waals surface area (Å²) < 4.78 is 26.2. The summed E-state index contributed by atoms with van der Waals surface area (Å²) in [5.41, 5.74) is 0.669. The van der Waals surface area contributed by atoms with E-state index in [9.17, 15) is 8.42 Å². The zero-order valence-electron chi connectivity index (χ0n) is 13.7. The van der Waals surface area contributed by atoms with Gasteiger partial charge < -0.3 is 0 Å². The Labute approximate surface area is 135 Å². The van der Waals surface area contributed by atoms with Crippen molar-refractivity contribution in [1.29, 1.82) is 0 Å². The van der Waals surface area contributed by atoms with Crippen molar-refractivity contribution in [1.82, 2.24) is 4.72 Å². The maximum Gasteiger partial charge on any atom is 0.254 e. The van der Waals surface area contributed by atoms with Crippen molar-refractivity contribution in [2.24, 2.45) is 5.92 Å². The van der Waals surface area contributed by atoms with Crippen LogP contribution in [0.15, 0.2) is 72.4 Å². The molecular weight excluding hydrogens is 294 g/mol. The maximum absolute atomic E-state index is 11.8. The molecule has 0 radical (unpaired) electrons. The molecular formula is C18H27NO2S. The lowest BCUT2D eigenvalue weighted by Gasteiger charge is -2.09. The topological polar surface area (TPSA) is 46.2 Å². The molecule has 3 nitrogen and oxygen atoms in total. The molecule has 1 N–H and O–H groups in total. The van der Waals surface area contributed by atoms with Crippen LogP contribution in [0.5, 0.6) is 0 Å². The average Bonchev–Trinajstić information content (AvgIpc) is 2.44. The zero-order valence-corrected chi connectivity index (χ0v) is 14.5. The minimum Gasteiger partial charge on any atom is -0.284 e. The Bertz CT molecular complexity index is 564. The molecule has 0 rings (SSSR count). The molecule has 0 spiro atoms. The van der Waals surface area contributed by atoms with Gasteiger partial charge in [0.15, 0.2) is 0 Å².